The van der Waals surface area contributed by atoms with Crippen molar-refractivity contribution in [2.24, 2.45) is 0 Å². The van der Waals surface area contributed by atoms with Crippen LogP contribution in [0.15, 0.2) is 42.5 Å². The van der Waals surface area contributed by atoms with Crippen molar-refractivity contribution >= 4 is 46.5 Å². The molecule has 1 aliphatic rings. The number of urea groups is 1. The molecule has 1 heterocycles. The Morgan fingerprint density at radius 1 is 1.15 bits per heavy atom. The average Bonchev–Trinajstić information content (AvgIpc) is 2.99. The summed E-state index contributed by atoms with van der Waals surface area (Å²) in [6, 6.07) is 11.8. The van der Waals surface area contributed by atoms with Gasteiger partial charge in [-0.05, 0) is 42.5 Å². The van der Waals surface area contributed by atoms with Crippen molar-refractivity contribution in [2.45, 2.75) is 0 Å². The number of hydrogen-bond donors (Lipinski definition) is 1. The van der Waals surface area contributed by atoms with Crippen LogP contribution in [0.2, 0.25) is 10.0 Å². The zero-order valence-electron chi connectivity index (χ0n) is 14.0. The van der Waals surface area contributed by atoms with E-state index in [1.807, 2.05) is 12.1 Å². The second-order valence-electron chi connectivity index (χ2n) is 5.73. The zero-order chi connectivity index (χ0) is 18.7. The molecule has 8 heteroatoms. The van der Waals surface area contributed by atoms with Crippen LogP contribution in [0.3, 0.4) is 0 Å². The van der Waals surface area contributed by atoms with E-state index < -0.39 is 0 Å². The molecule has 1 N–H and O–H groups in total. The molecular weight excluding hydrogens is 377 g/mol. The van der Waals surface area contributed by atoms with Gasteiger partial charge in [-0.1, -0.05) is 23.2 Å². The zero-order valence-corrected chi connectivity index (χ0v) is 15.5. The maximum absolute atomic E-state index is 12.6. The number of methoxy groups -OCH3 is 1. The van der Waals surface area contributed by atoms with E-state index in [9.17, 15) is 9.59 Å². The number of nitrogens with zero attached hydrogens (tertiary/aromatic N) is 2. The Morgan fingerprint density at radius 2 is 1.88 bits per heavy atom. The molecule has 0 atom stereocenters. The van der Waals surface area contributed by atoms with Crippen LogP contribution in [-0.2, 0) is 4.79 Å². The predicted molar refractivity (Wildman–Crippen MR) is 102 cm³/mol. The molecule has 1 aliphatic heterocycles. The summed E-state index contributed by atoms with van der Waals surface area (Å²) in [5, 5.41) is 3.53. The van der Waals surface area contributed by atoms with Gasteiger partial charge in [0.15, 0.2) is 0 Å². The minimum absolute atomic E-state index is 0.0612. The Balaban J connectivity index is 1.62. The maximum atomic E-state index is 12.6. The Labute approximate surface area is 161 Å². The first kappa shape index (κ1) is 18.4. The summed E-state index contributed by atoms with van der Waals surface area (Å²) < 4.78 is 5.12. The lowest BCUT2D eigenvalue weighted by molar-refractivity contribution is -0.116. The van der Waals surface area contributed by atoms with E-state index in [0.717, 1.165) is 11.4 Å². The number of ether oxygens (including phenoxy) is 1. The molecule has 136 valence electrons. The minimum Gasteiger partial charge on any atom is -0.497 e. The van der Waals surface area contributed by atoms with Crippen molar-refractivity contribution in [1.82, 2.24) is 4.90 Å². The standard InChI is InChI=1S/C18H17Cl2N3O3/c1-26-14-5-3-13(4-6-14)23-9-8-22(18(23)25)11-17(24)21-16-10-12(19)2-7-15(16)20/h2-7,10H,8-9,11H2,1H3,(H,21,24). The smallest absolute Gasteiger partial charge is 0.325 e. The topological polar surface area (TPSA) is 61.9 Å². The summed E-state index contributed by atoms with van der Waals surface area (Å²) in [6.07, 6.45) is 0. The molecular formula is C18H17Cl2N3O3. The van der Waals surface area contributed by atoms with Gasteiger partial charge in [0.2, 0.25) is 5.91 Å². The molecule has 2 aromatic carbocycles. The molecule has 3 rings (SSSR count). The number of rotatable bonds is 5. The van der Waals surface area contributed by atoms with Crippen molar-refractivity contribution in [3.05, 3.63) is 52.5 Å². The number of nitrogens with one attached hydrogen (secondary N) is 1. The van der Waals surface area contributed by atoms with E-state index in [2.05, 4.69) is 5.32 Å². The molecule has 1 saturated heterocycles. The lowest BCUT2D eigenvalue weighted by Crippen LogP contribution is -2.37. The van der Waals surface area contributed by atoms with Crippen LogP contribution in [0.1, 0.15) is 0 Å². The molecule has 0 aromatic heterocycles. The van der Waals surface area contributed by atoms with Gasteiger partial charge in [-0.3, -0.25) is 9.69 Å². The van der Waals surface area contributed by atoms with Gasteiger partial charge in [-0.25, -0.2) is 4.79 Å². The number of benzene rings is 2. The van der Waals surface area contributed by atoms with E-state index in [-0.39, 0.29) is 18.5 Å². The lowest BCUT2D eigenvalue weighted by atomic mass is 10.3. The van der Waals surface area contributed by atoms with Crippen molar-refractivity contribution < 1.29 is 14.3 Å². The van der Waals surface area contributed by atoms with E-state index in [0.29, 0.717) is 28.8 Å². The van der Waals surface area contributed by atoms with E-state index in [1.54, 1.807) is 42.3 Å². The summed E-state index contributed by atoms with van der Waals surface area (Å²) in [6.45, 7) is 0.909. The van der Waals surface area contributed by atoms with Crippen LogP contribution in [0.25, 0.3) is 0 Å². The van der Waals surface area contributed by atoms with Crippen molar-refractivity contribution in [3.8, 4) is 5.75 Å². The SMILES string of the molecule is COc1ccc(N2CCN(CC(=O)Nc3cc(Cl)ccc3Cl)C2=O)cc1. The first-order valence-electron chi connectivity index (χ1n) is 7.93. The van der Waals surface area contributed by atoms with Crippen LogP contribution >= 0.6 is 23.2 Å². The number of anilines is 2. The highest BCUT2D eigenvalue weighted by molar-refractivity contribution is 6.35. The summed E-state index contributed by atoms with van der Waals surface area (Å²) in [5.41, 5.74) is 1.18. The molecule has 0 saturated carbocycles. The fourth-order valence-corrected chi connectivity index (χ4v) is 3.02. The van der Waals surface area contributed by atoms with Crippen LogP contribution in [-0.4, -0.2) is 43.6 Å². The third-order valence-corrected chi connectivity index (χ3v) is 4.58. The third kappa shape index (κ3) is 4.03. The highest BCUT2D eigenvalue weighted by atomic mass is 35.5. The third-order valence-electron chi connectivity index (χ3n) is 4.02. The molecule has 0 spiro atoms. The molecule has 0 radical (unpaired) electrons. The highest BCUT2D eigenvalue weighted by Gasteiger charge is 2.30. The second-order valence-corrected chi connectivity index (χ2v) is 6.57. The Hall–Kier alpha value is -2.44. The van der Waals surface area contributed by atoms with Gasteiger partial charge >= 0.3 is 6.03 Å². The van der Waals surface area contributed by atoms with Gasteiger partial charge in [0.1, 0.15) is 12.3 Å². The van der Waals surface area contributed by atoms with Crippen molar-refractivity contribution in [2.75, 3.05) is 37.0 Å². The number of carbonyl (C=O) groups is 2. The quantitative estimate of drug-likeness (QED) is 0.837. The Kier molecular flexibility index (Phi) is 5.54. The van der Waals surface area contributed by atoms with Gasteiger partial charge in [0.05, 0.1) is 17.8 Å². The van der Waals surface area contributed by atoms with Gasteiger partial charge in [-0.2, -0.15) is 0 Å². The van der Waals surface area contributed by atoms with E-state index >= 15 is 0 Å². The molecule has 26 heavy (non-hydrogen) atoms. The fraction of sp³-hybridized carbons (Fsp3) is 0.222. The van der Waals surface area contributed by atoms with Crippen LogP contribution < -0.4 is 15.0 Å². The number of halogens is 2. The Bertz CT molecular complexity index is 827. The van der Waals surface area contributed by atoms with Crippen LogP contribution in [0.4, 0.5) is 16.2 Å². The van der Waals surface area contributed by atoms with E-state index in [1.165, 1.54) is 4.90 Å². The van der Waals surface area contributed by atoms with Gasteiger partial charge in [-0.15, -0.1) is 0 Å². The van der Waals surface area contributed by atoms with Gasteiger partial charge in [0, 0.05) is 23.8 Å². The van der Waals surface area contributed by atoms with Gasteiger partial charge in [0.25, 0.3) is 0 Å². The maximum Gasteiger partial charge on any atom is 0.325 e. The molecule has 1 fully saturated rings. The largest absolute Gasteiger partial charge is 0.497 e. The average molecular weight is 394 g/mol. The van der Waals surface area contributed by atoms with Gasteiger partial charge < -0.3 is 15.0 Å². The molecule has 6 nitrogen and oxygen atoms in total. The summed E-state index contributed by atoms with van der Waals surface area (Å²) in [5.74, 6) is 0.383. The second kappa shape index (κ2) is 7.85. The van der Waals surface area contributed by atoms with Crippen LogP contribution in [0, 0.1) is 0 Å². The molecule has 0 bridgehead atoms. The molecule has 3 amide bonds. The number of carbonyl (C=O) groups excluding carboxylic acids is 2. The molecule has 0 aliphatic carbocycles. The molecule has 2 aromatic rings. The fourth-order valence-electron chi connectivity index (χ4n) is 2.69. The van der Waals surface area contributed by atoms with Crippen molar-refractivity contribution in [1.29, 1.82) is 0 Å². The summed E-state index contributed by atoms with van der Waals surface area (Å²) in [7, 11) is 1.59. The minimum atomic E-state index is -0.334. The Morgan fingerprint density at radius 3 is 2.58 bits per heavy atom. The highest BCUT2D eigenvalue weighted by Crippen LogP contribution is 2.26. The lowest BCUT2D eigenvalue weighted by Gasteiger charge is -2.19. The summed E-state index contributed by atoms with van der Waals surface area (Å²) >= 11 is 12.0. The monoisotopic (exact) mass is 393 g/mol. The van der Waals surface area contributed by atoms with Crippen LogP contribution in [0.5, 0.6) is 5.75 Å². The number of amides is 3. The normalized spacial score (nSPS) is 13.9. The first-order chi connectivity index (χ1) is 12.5. The predicted octanol–water partition coefficient (Wildman–Crippen LogP) is 3.88. The number of hydrogen-bond acceptors (Lipinski definition) is 3. The van der Waals surface area contributed by atoms with E-state index in [4.69, 9.17) is 27.9 Å². The summed E-state index contributed by atoms with van der Waals surface area (Å²) in [4.78, 5) is 27.9. The van der Waals surface area contributed by atoms with Crippen molar-refractivity contribution in [3.63, 3.8) is 0 Å². The molecule has 0 unspecified atom stereocenters. The first-order valence-corrected chi connectivity index (χ1v) is 8.69.